The first-order chi connectivity index (χ1) is 13.9. The lowest BCUT2D eigenvalue weighted by atomic mass is 10.1. The largest absolute Gasteiger partial charge is 0.430 e. The quantitative estimate of drug-likeness (QED) is 0.566. The number of carbonyl (C=O) groups is 1. The predicted octanol–water partition coefficient (Wildman–Crippen LogP) is 2.90. The van der Waals surface area contributed by atoms with Crippen LogP contribution in [0.15, 0.2) is 51.9 Å². The van der Waals surface area contributed by atoms with Crippen molar-refractivity contribution in [3.05, 3.63) is 69.9 Å². The number of hydrogen-bond donors (Lipinski definition) is 1. The van der Waals surface area contributed by atoms with Crippen LogP contribution in [0.3, 0.4) is 0 Å². The molecule has 3 aromatic heterocycles. The van der Waals surface area contributed by atoms with E-state index in [0.29, 0.717) is 17.7 Å². The Bertz CT molecular complexity index is 1260. The molecule has 0 spiro atoms. The second kappa shape index (κ2) is 7.50. The van der Waals surface area contributed by atoms with Gasteiger partial charge in [-0.3, -0.25) is 14.2 Å². The standard InChI is InChI=1S/C22H22N4O3/c1-13-9-14(2)25-21-18(13)19-20(29-21)22(28)26(12-23-19)11-17(27)24-15(3)10-16-7-5-4-6-8-16/h4-9,12,15H,10-11H2,1-3H3,(H,24,27)/t15-/m0/s1. The number of carbonyl (C=O) groups excluding carboxylic acids is 1. The highest BCUT2D eigenvalue weighted by atomic mass is 16.3. The minimum atomic E-state index is -0.393. The number of nitrogens with zero attached hydrogens (tertiary/aromatic N) is 3. The molecule has 1 amide bonds. The lowest BCUT2D eigenvalue weighted by Gasteiger charge is -2.14. The Morgan fingerprint density at radius 2 is 2.00 bits per heavy atom. The molecule has 4 rings (SSSR count). The van der Waals surface area contributed by atoms with Crippen molar-refractivity contribution in [1.82, 2.24) is 19.9 Å². The molecule has 0 radical (unpaired) electrons. The van der Waals surface area contributed by atoms with E-state index in [4.69, 9.17) is 4.42 Å². The lowest BCUT2D eigenvalue weighted by Crippen LogP contribution is -2.38. The fraction of sp³-hybridized carbons (Fsp3) is 0.273. The Labute approximate surface area is 167 Å². The Balaban J connectivity index is 1.56. The van der Waals surface area contributed by atoms with E-state index in [2.05, 4.69) is 15.3 Å². The van der Waals surface area contributed by atoms with E-state index in [1.54, 1.807) is 0 Å². The van der Waals surface area contributed by atoms with Crippen LogP contribution >= 0.6 is 0 Å². The van der Waals surface area contributed by atoms with Gasteiger partial charge >= 0.3 is 0 Å². The van der Waals surface area contributed by atoms with Crippen molar-refractivity contribution in [3.63, 3.8) is 0 Å². The van der Waals surface area contributed by atoms with E-state index in [-0.39, 0.29) is 24.1 Å². The highest BCUT2D eigenvalue weighted by molar-refractivity contribution is 6.02. The molecule has 0 saturated carbocycles. The van der Waals surface area contributed by atoms with Crippen LogP contribution in [0.2, 0.25) is 0 Å². The van der Waals surface area contributed by atoms with E-state index < -0.39 is 5.56 Å². The molecule has 29 heavy (non-hydrogen) atoms. The molecule has 7 nitrogen and oxygen atoms in total. The SMILES string of the molecule is Cc1cc(C)c2c(n1)oc1c(=O)n(CC(=O)N[C@@H](C)Cc3ccccc3)cnc12. The van der Waals surface area contributed by atoms with Crippen molar-refractivity contribution >= 4 is 28.1 Å². The van der Waals surface area contributed by atoms with Crippen LogP contribution in [0, 0.1) is 13.8 Å². The van der Waals surface area contributed by atoms with Crippen molar-refractivity contribution < 1.29 is 9.21 Å². The van der Waals surface area contributed by atoms with E-state index in [1.807, 2.05) is 57.2 Å². The average Bonchev–Trinajstić information content (AvgIpc) is 3.04. The first kappa shape index (κ1) is 18.9. The van der Waals surface area contributed by atoms with Crippen molar-refractivity contribution in [3.8, 4) is 0 Å². The average molecular weight is 390 g/mol. The number of aryl methyl sites for hydroxylation is 2. The fourth-order valence-electron chi connectivity index (χ4n) is 3.61. The smallest absolute Gasteiger partial charge is 0.297 e. The molecule has 0 aliphatic heterocycles. The number of rotatable bonds is 5. The zero-order valence-electron chi connectivity index (χ0n) is 16.6. The van der Waals surface area contributed by atoms with Crippen LogP contribution in [0.5, 0.6) is 0 Å². The van der Waals surface area contributed by atoms with Gasteiger partial charge in [0.1, 0.15) is 12.1 Å². The summed E-state index contributed by atoms with van der Waals surface area (Å²) in [5, 5.41) is 3.66. The Morgan fingerprint density at radius 1 is 1.24 bits per heavy atom. The zero-order chi connectivity index (χ0) is 20.5. The van der Waals surface area contributed by atoms with Crippen LogP contribution in [-0.2, 0) is 17.8 Å². The molecule has 0 unspecified atom stereocenters. The van der Waals surface area contributed by atoms with Crippen LogP contribution < -0.4 is 10.9 Å². The molecule has 148 valence electrons. The third-order valence-electron chi connectivity index (χ3n) is 4.85. The summed E-state index contributed by atoms with van der Waals surface area (Å²) in [5.74, 6) is -0.252. The number of amides is 1. The van der Waals surface area contributed by atoms with E-state index in [9.17, 15) is 9.59 Å². The topological polar surface area (TPSA) is 90.0 Å². The molecule has 0 saturated heterocycles. The molecule has 1 atom stereocenters. The van der Waals surface area contributed by atoms with Crippen LogP contribution in [0.4, 0.5) is 0 Å². The molecule has 0 bridgehead atoms. The monoisotopic (exact) mass is 390 g/mol. The number of nitrogens with one attached hydrogen (secondary N) is 1. The number of fused-ring (bicyclic) bond motifs is 3. The highest BCUT2D eigenvalue weighted by Crippen LogP contribution is 2.26. The third-order valence-corrected chi connectivity index (χ3v) is 4.85. The first-order valence-electron chi connectivity index (χ1n) is 9.51. The molecule has 4 aromatic rings. The van der Waals surface area contributed by atoms with Gasteiger partial charge in [0.25, 0.3) is 5.56 Å². The van der Waals surface area contributed by atoms with Crippen LogP contribution in [0.25, 0.3) is 22.2 Å². The number of pyridine rings is 1. The number of furan rings is 1. The van der Waals surface area contributed by atoms with E-state index in [1.165, 1.54) is 10.9 Å². The number of benzene rings is 1. The maximum absolute atomic E-state index is 12.8. The summed E-state index contributed by atoms with van der Waals surface area (Å²) < 4.78 is 6.95. The maximum atomic E-state index is 12.8. The Morgan fingerprint density at radius 3 is 2.76 bits per heavy atom. The van der Waals surface area contributed by atoms with Gasteiger partial charge in [0.05, 0.1) is 11.7 Å². The molecular formula is C22H22N4O3. The fourth-order valence-corrected chi connectivity index (χ4v) is 3.61. The van der Waals surface area contributed by atoms with Crippen molar-refractivity contribution in [2.75, 3.05) is 0 Å². The van der Waals surface area contributed by atoms with Crippen molar-refractivity contribution in [1.29, 1.82) is 0 Å². The summed E-state index contributed by atoms with van der Waals surface area (Å²) in [5.41, 5.74) is 3.49. The van der Waals surface area contributed by atoms with Gasteiger partial charge in [0.2, 0.25) is 17.2 Å². The van der Waals surface area contributed by atoms with Crippen molar-refractivity contribution in [2.24, 2.45) is 0 Å². The maximum Gasteiger partial charge on any atom is 0.297 e. The predicted molar refractivity (Wildman–Crippen MR) is 111 cm³/mol. The second-order valence-corrected chi connectivity index (χ2v) is 7.38. The Kier molecular flexibility index (Phi) is 4.88. The van der Waals surface area contributed by atoms with Gasteiger partial charge in [-0.1, -0.05) is 30.3 Å². The van der Waals surface area contributed by atoms with Crippen LogP contribution in [0.1, 0.15) is 23.7 Å². The normalized spacial score (nSPS) is 12.4. The van der Waals surface area contributed by atoms with Gasteiger partial charge < -0.3 is 9.73 Å². The summed E-state index contributed by atoms with van der Waals surface area (Å²) in [6.07, 6.45) is 2.10. The van der Waals surface area contributed by atoms with Gasteiger partial charge in [0, 0.05) is 11.7 Å². The summed E-state index contributed by atoms with van der Waals surface area (Å²) in [6.45, 7) is 5.61. The highest BCUT2D eigenvalue weighted by Gasteiger charge is 2.18. The summed E-state index contributed by atoms with van der Waals surface area (Å²) >= 11 is 0. The molecule has 1 N–H and O–H groups in total. The number of aromatic nitrogens is 3. The van der Waals surface area contributed by atoms with Gasteiger partial charge in [-0.05, 0) is 44.4 Å². The zero-order valence-corrected chi connectivity index (χ0v) is 16.6. The molecule has 0 aliphatic carbocycles. The second-order valence-electron chi connectivity index (χ2n) is 7.38. The third kappa shape index (κ3) is 3.76. The summed E-state index contributed by atoms with van der Waals surface area (Å²) in [4.78, 5) is 34.0. The van der Waals surface area contributed by atoms with Gasteiger partial charge in [-0.15, -0.1) is 0 Å². The molecule has 7 heteroatoms. The van der Waals surface area contributed by atoms with E-state index >= 15 is 0 Å². The minimum absolute atomic E-state index is 0.0571. The molecule has 0 aliphatic rings. The summed E-state index contributed by atoms with van der Waals surface area (Å²) in [6, 6.07) is 11.8. The van der Waals surface area contributed by atoms with Crippen LogP contribution in [-0.4, -0.2) is 26.5 Å². The first-order valence-corrected chi connectivity index (χ1v) is 9.51. The molecular weight excluding hydrogens is 368 g/mol. The summed E-state index contributed by atoms with van der Waals surface area (Å²) in [7, 11) is 0. The van der Waals surface area contributed by atoms with Gasteiger partial charge in [0.15, 0.2) is 0 Å². The lowest BCUT2D eigenvalue weighted by molar-refractivity contribution is -0.122. The van der Waals surface area contributed by atoms with E-state index in [0.717, 1.165) is 22.2 Å². The molecule has 3 heterocycles. The molecule has 0 fully saturated rings. The Hall–Kier alpha value is -3.48. The van der Waals surface area contributed by atoms with Gasteiger partial charge in [-0.25, -0.2) is 9.97 Å². The minimum Gasteiger partial charge on any atom is -0.430 e. The van der Waals surface area contributed by atoms with Crippen molar-refractivity contribution in [2.45, 2.75) is 39.8 Å². The number of hydrogen-bond acceptors (Lipinski definition) is 5. The van der Waals surface area contributed by atoms with Gasteiger partial charge in [-0.2, -0.15) is 0 Å². The molecule has 1 aromatic carbocycles.